The molecule has 0 unspecified atom stereocenters. The lowest BCUT2D eigenvalue weighted by Crippen LogP contribution is -2.34. The third kappa shape index (κ3) is 4.54. The molecule has 33 heavy (non-hydrogen) atoms. The summed E-state index contributed by atoms with van der Waals surface area (Å²) in [5, 5.41) is 4.44. The second-order valence-electron chi connectivity index (χ2n) is 8.07. The monoisotopic (exact) mass is 467 g/mol. The summed E-state index contributed by atoms with van der Waals surface area (Å²) >= 11 is 0. The van der Waals surface area contributed by atoms with Gasteiger partial charge in [0.15, 0.2) is 12.4 Å². The van der Waals surface area contributed by atoms with Gasteiger partial charge in [0.25, 0.3) is 0 Å². The van der Waals surface area contributed by atoms with Gasteiger partial charge in [-0.15, -0.1) is 0 Å². The second kappa shape index (κ2) is 8.82. The van der Waals surface area contributed by atoms with E-state index in [2.05, 4.69) is 5.10 Å². The van der Waals surface area contributed by atoms with Crippen molar-refractivity contribution in [2.75, 3.05) is 23.7 Å². The maximum absolute atomic E-state index is 12.8. The van der Waals surface area contributed by atoms with Crippen molar-refractivity contribution in [2.24, 2.45) is 0 Å². The molecule has 0 spiro atoms. The summed E-state index contributed by atoms with van der Waals surface area (Å²) in [6, 6.07) is 14.3. The molecule has 9 heteroatoms. The number of para-hydroxylation sites is 1. The highest BCUT2D eigenvalue weighted by Crippen LogP contribution is 2.30. The van der Waals surface area contributed by atoms with Crippen LogP contribution in [0.3, 0.4) is 0 Å². The fourth-order valence-electron chi connectivity index (χ4n) is 4.13. The average Bonchev–Trinajstić information content (AvgIpc) is 3.10. The van der Waals surface area contributed by atoms with E-state index in [-0.39, 0.29) is 5.78 Å². The van der Waals surface area contributed by atoms with E-state index in [1.807, 2.05) is 30.3 Å². The maximum Gasteiger partial charge on any atom is 0.342 e. The standard InChI is InChI=1S/C24H25N3O5S/c1-16-23(17(2)27(25-16)20-9-5-4-6-10-20)24(29)32-15-22(28)19-11-12-21-18(14-19)8-7-13-26(21)33(3,30)31/h4-6,9-12,14H,7-8,13,15H2,1-3H3. The summed E-state index contributed by atoms with van der Waals surface area (Å²) in [6.45, 7) is 3.51. The molecule has 0 fully saturated rings. The van der Waals surface area contributed by atoms with Crippen molar-refractivity contribution in [3.63, 3.8) is 0 Å². The highest BCUT2D eigenvalue weighted by atomic mass is 32.2. The lowest BCUT2D eigenvalue weighted by atomic mass is 9.99. The summed E-state index contributed by atoms with van der Waals surface area (Å²) in [4.78, 5) is 25.5. The number of hydrogen-bond donors (Lipinski definition) is 0. The van der Waals surface area contributed by atoms with Gasteiger partial charge in [-0.05, 0) is 62.6 Å². The van der Waals surface area contributed by atoms with E-state index < -0.39 is 22.6 Å². The van der Waals surface area contributed by atoms with Gasteiger partial charge in [0.2, 0.25) is 10.0 Å². The second-order valence-corrected chi connectivity index (χ2v) is 9.98. The summed E-state index contributed by atoms with van der Waals surface area (Å²) in [6.07, 6.45) is 2.53. The number of ketones is 1. The Labute approximate surface area is 192 Å². The van der Waals surface area contributed by atoms with Gasteiger partial charge < -0.3 is 4.74 Å². The highest BCUT2D eigenvalue weighted by molar-refractivity contribution is 7.92. The van der Waals surface area contributed by atoms with Crippen LogP contribution in [0.25, 0.3) is 5.69 Å². The molecule has 0 amide bonds. The van der Waals surface area contributed by atoms with E-state index in [1.165, 1.54) is 10.6 Å². The molecule has 0 aliphatic carbocycles. The molecule has 0 saturated heterocycles. The first kappa shape index (κ1) is 22.7. The van der Waals surface area contributed by atoms with E-state index in [9.17, 15) is 18.0 Å². The summed E-state index contributed by atoms with van der Waals surface area (Å²) < 4.78 is 32.4. The number of aryl methyl sites for hydroxylation is 2. The number of carbonyl (C=O) groups is 2. The molecule has 172 valence electrons. The number of rotatable bonds is 6. The van der Waals surface area contributed by atoms with Gasteiger partial charge in [0.1, 0.15) is 5.56 Å². The first-order valence-electron chi connectivity index (χ1n) is 10.6. The van der Waals surface area contributed by atoms with Crippen LogP contribution in [0.4, 0.5) is 5.69 Å². The van der Waals surface area contributed by atoms with Crippen LogP contribution < -0.4 is 4.31 Å². The van der Waals surface area contributed by atoms with Gasteiger partial charge in [0, 0.05) is 12.1 Å². The van der Waals surface area contributed by atoms with Gasteiger partial charge in [-0.2, -0.15) is 5.10 Å². The Morgan fingerprint density at radius 1 is 1.09 bits per heavy atom. The van der Waals surface area contributed by atoms with Crippen LogP contribution in [0, 0.1) is 13.8 Å². The highest BCUT2D eigenvalue weighted by Gasteiger charge is 2.25. The molecule has 1 aliphatic rings. The van der Waals surface area contributed by atoms with E-state index in [1.54, 1.807) is 36.7 Å². The number of anilines is 1. The zero-order chi connectivity index (χ0) is 23.8. The number of aromatic nitrogens is 2. The van der Waals surface area contributed by atoms with Crippen LogP contribution >= 0.6 is 0 Å². The van der Waals surface area contributed by atoms with Crippen molar-refractivity contribution < 1.29 is 22.7 Å². The Morgan fingerprint density at radius 3 is 2.52 bits per heavy atom. The topological polar surface area (TPSA) is 98.6 Å². The quantitative estimate of drug-likeness (QED) is 0.408. The number of benzene rings is 2. The molecule has 1 aromatic heterocycles. The van der Waals surface area contributed by atoms with Crippen LogP contribution in [0.15, 0.2) is 48.5 Å². The molecule has 2 aromatic carbocycles. The molecule has 3 aromatic rings. The smallest absolute Gasteiger partial charge is 0.342 e. The van der Waals surface area contributed by atoms with Gasteiger partial charge in [0.05, 0.1) is 29.0 Å². The molecule has 0 bridgehead atoms. The molecule has 8 nitrogen and oxygen atoms in total. The lowest BCUT2D eigenvalue weighted by Gasteiger charge is -2.29. The number of hydrogen-bond acceptors (Lipinski definition) is 6. The maximum atomic E-state index is 12.8. The number of fused-ring (bicyclic) bond motifs is 1. The first-order chi connectivity index (χ1) is 15.7. The molecule has 2 heterocycles. The minimum absolute atomic E-state index is 0.334. The minimum Gasteiger partial charge on any atom is -0.454 e. The fourth-order valence-corrected chi connectivity index (χ4v) is 5.12. The van der Waals surface area contributed by atoms with E-state index in [0.717, 1.165) is 11.3 Å². The van der Waals surface area contributed by atoms with Crippen molar-refractivity contribution in [3.05, 3.63) is 76.6 Å². The van der Waals surface area contributed by atoms with Crippen molar-refractivity contribution in [2.45, 2.75) is 26.7 Å². The number of Topliss-reactive ketones (excluding diaryl/α,β-unsaturated/α-hetero) is 1. The summed E-state index contributed by atoms with van der Waals surface area (Å²) in [7, 11) is -3.38. The molecule has 0 saturated carbocycles. The number of carbonyl (C=O) groups excluding carboxylic acids is 2. The average molecular weight is 468 g/mol. The Balaban J connectivity index is 1.49. The molecule has 0 N–H and O–H groups in total. The van der Waals surface area contributed by atoms with Gasteiger partial charge in [-0.3, -0.25) is 9.10 Å². The largest absolute Gasteiger partial charge is 0.454 e. The zero-order valence-corrected chi connectivity index (χ0v) is 19.6. The lowest BCUT2D eigenvalue weighted by molar-refractivity contribution is 0.0473. The number of sulfonamides is 1. The van der Waals surface area contributed by atoms with E-state index >= 15 is 0 Å². The van der Waals surface area contributed by atoms with Gasteiger partial charge in [-0.1, -0.05) is 18.2 Å². The number of esters is 1. The molecular weight excluding hydrogens is 442 g/mol. The SMILES string of the molecule is Cc1nn(-c2ccccc2)c(C)c1C(=O)OCC(=O)c1ccc2c(c1)CCCN2S(C)(=O)=O. The molecule has 0 atom stereocenters. The molecule has 1 aliphatic heterocycles. The third-order valence-corrected chi connectivity index (χ3v) is 6.89. The van der Waals surface area contributed by atoms with Crippen LogP contribution in [0.2, 0.25) is 0 Å². The van der Waals surface area contributed by atoms with Crippen LogP contribution in [0.5, 0.6) is 0 Å². The van der Waals surface area contributed by atoms with Crippen molar-refractivity contribution in [1.82, 2.24) is 9.78 Å². The van der Waals surface area contributed by atoms with Crippen molar-refractivity contribution in [3.8, 4) is 5.69 Å². The Kier molecular flexibility index (Phi) is 6.07. The van der Waals surface area contributed by atoms with Crippen molar-refractivity contribution >= 4 is 27.5 Å². The minimum atomic E-state index is -3.38. The Hall–Kier alpha value is -3.46. The summed E-state index contributed by atoms with van der Waals surface area (Å²) in [5.41, 5.74) is 4.07. The van der Waals surface area contributed by atoms with Crippen LogP contribution in [0.1, 0.15) is 44.1 Å². The first-order valence-corrected chi connectivity index (χ1v) is 12.4. The van der Waals surface area contributed by atoms with E-state index in [4.69, 9.17) is 4.74 Å². The van der Waals surface area contributed by atoms with Crippen molar-refractivity contribution in [1.29, 1.82) is 0 Å². The fraction of sp³-hybridized carbons (Fsp3) is 0.292. The Morgan fingerprint density at radius 2 is 1.82 bits per heavy atom. The summed E-state index contributed by atoms with van der Waals surface area (Å²) in [5.74, 6) is -0.963. The predicted molar refractivity (Wildman–Crippen MR) is 125 cm³/mol. The van der Waals surface area contributed by atoms with Gasteiger partial charge >= 0.3 is 5.97 Å². The van der Waals surface area contributed by atoms with E-state index in [0.29, 0.717) is 47.6 Å². The molecule has 4 rings (SSSR count). The molecular formula is C24H25N3O5S. The number of ether oxygens (including phenoxy) is 1. The number of nitrogens with zero attached hydrogens (tertiary/aromatic N) is 3. The predicted octanol–water partition coefficient (Wildman–Crippen LogP) is 3.24. The third-order valence-electron chi connectivity index (χ3n) is 5.71. The normalized spacial score (nSPS) is 13.5. The van der Waals surface area contributed by atoms with Gasteiger partial charge in [-0.25, -0.2) is 17.9 Å². The zero-order valence-electron chi connectivity index (χ0n) is 18.7. The Bertz CT molecular complexity index is 1330. The van der Waals surface area contributed by atoms with Crippen LogP contribution in [-0.4, -0.2) is 49.4 Å². The van der Waals surface area contributed by atoms with Crippen LogP contribution in [-0.2, 0) is 21.2 Å². The molecule has 0 radical (unpaired) electrons.